The van der Waals surface area contributed by atoms with Crippen molar-refractivity contribution in [1.29, 1.82) is 0 Å². The van der Waals surface area contributed by atoms with Crippen molar-refractivity contribution in [2.24, 2.45) is 0 Å². The van der Waals surface area contributed by atoms with E-state index in [9.17, 15) is 13.5 Å². The highest BCUT2D eigenvalue weighted by atomic mass is 32.2. The van der Waals surface area contributed by atoms with Crippen LogP contribution < -0.4 is 10.6 Å². The number of hydrogen-bond acceptors (Lipinski definition) is 5. The second-order valence-electron chi connectivity index (χ2n) is 5.72. The Labute approximate surface area is 154 Å². The normalized spacial score (nSPS) is 15.2. The summed E-state index contributed by atoms with van der Waals surface area (Å²) < 4.78 is 31.9. The molecular formula is C16H25N3O4S2. The van der Waals surface area contributed by atoms with E-state index in [1.54, 1.807) is 0 Å². The quantitative estimate of drug-likeness (QED) is 0.356. The van der Waals surface area contributed by atoms with Crippen molar-refractivity contribution in [2.45, 2.75) is 31.1 Å². The van der Waals surface area contributed by atoms with Gasteiger partial charge in [0.25, 0.3) is 0 Å². The summed E-state index contributed by atoms with van der Waals surface area (Å²) in [4.78, 5) is 0.147. The lowest BCUT2D eigenvalue weighted by atomic mass is 10.3. The third-order valence-electron chi connectivity index (χ3n) is 3.87. The van der Waals surface area contributed by atoms with Crippen molar-refractivity contribution in [3.05, 3.63) is 18.2 Å². The van der Waals surface area contributed by atoms with Crippen molar-refractivity contribution in [3.63, 3.8) is 0 Å². The van der Waals surface area contributed by atoms with E-state index in [0.717, 1.165) is 19.3 Å². The van der Waals surface area contributed by atoms with Gasteiger partial charge in [-0.1, -0.05) is 0 Å². The smallest absolute Gasteiger partial charge is 0.243 e. The molecule has 140 valence electrons. The van der Waals surface area contributed by atoms with Crippen LogP contribution in [0.15, 0.2) is 23.1 Å². The molecule has 0 spiro atoms. The first-order valence-electron chi connectivity index (χ1n) is 8.41. The Balaban J connectivity index is 2.00. The first-order valence-corrected chi connectivity index (χ1v) is 10.3. The van der Waals surface area contributed by atoms with Crippen LogP contribution in [0.5, 0.6) is 5.75 Å². The fraction of sp³-hybridized carbons (Fsp3) is 0.562. The third kappa shape index (κ3) is 5.53. The molecular weight excluding hydrogens is 362 g/mol. The maximum Gasteiger partial charge on any atom is 0.243 e. The topological polar surface area (TPSA) is 90.9 Å². The zero-order valence-electron chi connectivity index (χ0n) is 14.3. The van der Waals surface area contributed by atoms with Crippen LogP contribution in [0.2, 0.25) is 0 Å². The Morgan fingerprint density at radius 3 is 2.76 bits per heavy atom. The standard InChI is InChI=1S/C16H25N3O4S2/c1-2-23-11-5-8-17-16(24)18-14-12-13(6-7-15(14)20)25(21,22)19-9-3-4-10-19/h6-7,12,20H,2-5,8-11H2,1H3,(H2,17,18,24). The molecule has 1 aromatic rings. The van der Waals surface area contributed by atoms with Crippen molar-refractivity contribution < 1.29 is 18.3 Å². The van der Waals surface area contributed by atoms with E-state index >= 15 is 0 Å². The van der Waals surface area contributed by atoms with Gasteiger partial charge in [0.1, 0.15) is 5.75 Å². The van der Waals surface area contributed by atoms with Crippen molar-refractivity contribution >= 4 is 33.0 Å². The highest BCUT2D eigenvalue weighted by Gasteiger charge is 2.27. The van der Waals surface area contributed by atoms with E-state index in [1.165, 1.54) is 22.5 Å². The number of sulfonamides is 1. The molecule has 0 radical (unpaired) electrons. The molecule has 2 rings (SSSR count). The summed E-state index contributed by atoms with van der Waals surface area (Å²) in [5.41, 5.74) is 0.266. The maximum absolute atomic E-state index is 12.6. The van der Waals surface area contributed by atoms with E-state index in [-0.39, 0.29) is 16.3 Å². The Morgan fingerprint density at radius 2 is 2.08 bits per heavy atom. The number of hydrogen-bond donors (Lipinski definition) is 3. The van der Waals surface area contributed by atoms with E-state index in [1.807, 2.05) is 6.92 Å². The van der Waals surface area contributed by atoms with Gasteiger partial charge in [0, 0.05) is 32.8 Å². The van der Waals surface area contributed by atoms with Gasteiger partial charge in [-0.25, -0.2) is 8.42 Å². The van der Waals surface area contributed by atoms with Gasteiger partial charge < -0.3 is 20.5 Å². The third-order valence-corrected chi connectivity index (χ3v) is 6.02. The van der Waals surface area contributed by atoms with Crippen molar-refractivity contribution in [3.8, 4) is 5.75 Å². The minimum absolute atomic E-state index is 0.0566. The summed E-state index contributed by atoms with van der Waals surface area (Å²) in [7, 11) is -3.54. The van der Waals surface area contributed by atoms with Crippen molar-refractivity contribution in [1.82, 2.24) is 9.62 Å². The monoisotopic (exact) mass is 387 g/mol. The highest BCUT2D eigenvalue weighted by Crippen LogP contribution is 2.29. The van der Waals surface area contributed by atoms with Crippen LogP contribution in [-0.4, -0.2) is 55.8 Å². The van der Waals surface area contributed by atoms with Crippen molar-refractivity contribution in [2.75, 3.05) is 38.2 Å². The summed E-state index contributed by atoms with van der Waals surface area (Å²) in [5.74, 6) is -0.0566. The van der Waals surface area contributed by atoms with Crippen LogP contribution in [0.1, 0.15) is 26.2 Å². The number of thiocarbonyl (C=S) groups is 1. The molecule has 3 N–H and O–H groups in total. The molecule has 9 heteroatoms. The Kier molecular flexibility index (Phi) is 7.42. The molecule has 0 saturated carbocycles. The van der Waals surface area contributed by atoms with Crippen LogP contribution in [0.25, 0.3) is 0 Å². The first-order chi connectivity index (χ1) is 11.9. The number of benzene rings is 1. The number of ether oxygens (including phenoxy) is 1. The summed E-state index contributed by atoms with van der Waals surface area (Å²) in [5, 5.41) is 16.2. The van der Waals surface area contributed by atoms with E-state index in [0.29, 0.717) is 38.0 Å². The minimum atomic E-state index is -3.54. The summed E-state index contributed by atoms with van der Waals surface area (Å²) in [6.07, 6.45) is 2.54. The number of rotatable bonds is 8. The average Bonchev–Trinajstić information content (AvgIpc) is 3.12. The summed E-state index contributed by atoms with van der Waals surface area (Å²) in [6.45, 7) is 4.94. The summed E-state index contributed by atoms with van der Waals surface area (Å²) in [6, 6.07) is 4.19. The Hall–Kier alpha value is -1.42. The van der Waals surface area contributed by atoms with Gasteiger partial charge in [-0.05, 0) is 56.6 Å². The molecule has 7 nitrogen and oxygen atoms in total. The number of nitrogens with zero attached hydrogens (tertiary/aromatic N) is 1. The molecule has 1 aliphatic rings. The molecule has 0 bridgehead atoms. The Bertz CT molecular complexity index is 689. The van der Waals surface area contributed by atoms with Gasteiger partial charge >= 0.3 is 0 Å². The molecule has 0 atom stereocenters. The number of aromatic hydroxyl groups is 1. The molecule has 1 aromatic carbocycles. The lowest BCUT2D eigenvalue weighted by molar-refractivity contribution is 0.146. The van der Waals surface area contributed by atoms with Gasteiger partial charge in [0.2, 0.25) is 10.0 Å². The first kappa shape index (κ1) is 19.9. The summed E-state index contributed by atoms with van der Waals surface area (Å²) >= 11 is 5.18. The SMILES string of the molecule is CCOCCCNC(=S)Nc1cc(S(=O)(=O)N2CCCC2)ccc1O. The van der Waals surface area contributed by atoms with E-state index in [4.69, 9.17) is 17.0 Å². The minimum Gasteiger partial charge on any atom is -0.506 e. The van der Waals surface area contributed by atoms with Gasteiger partial charge in [0.05, 0.1) is 10.6 Å². The maximum atomic E-state index is 12.6. The zero-order valence-corrected chi connectivity index (χ0v) is 16.0. The highest BCUT2D eigenvalue weighted by molar-refractivity contribution is 7.89. The van der Waals surface area contributed by atoms with E-state index in [2.05, 4.69) is 10.6 Å². The molecule has 25 heavy (non-hydrogen) atoms. The lowest BCUT2D eigenvalue weighted by Gasteiger charge is -2.17. The molecule has 0 amide bonds. The molecule has 0 unspecified atom stereocenters. The molecule has 1 fully saturated rings. The van der Waals surface area contributed by atoms with Gasteiger partial charge in [-0.2, -0.15) is 4.31 Å². The van der Waals surface area contributed by atoms with Crippen LogP contribution in [0, 0.1) is 0 Å². The number of anilines is 1. The van der Waals surface area contributed by atoms with Crippen LogP contribution in [0.3, 0.4) is 0 Å². The van der Waals surface area contributed by atoms with Gasteiger partial charge in [0.15, 0.2) is 5.11 Å². The molecule has 1 heterocycles. The second-order valence-corrected chi connectivity index (χ2v) is 8.07. The fourth-order valence-electron chi connectivity index (χ4n) is 2.54. The van der Waals surface area contributed by atoms with E-state index < -0.39 is 10.0 Å². The predicted molar refractivity (Wildman–Crippen MR) is 101 cm³/mol. The number of nitrogens with one attached hydrogen (secondary N) is 2. The molecule has 1 saturated heterocycles. The van der Waals surface area contributed by atoms with Crippen LogP contribution in [-0.2, 0) is 14.8 Å². The number of phenolic OH excluding ortho intramolecular Hbond substituents is 1. The zero-order chi connectivity index (χ0) is 18.3. The largest absolute Gasteiger partial charge is 0.506 e. The molecule has 0 aromatic heterocycles. The second kappa shape index (κ2) is 9.33. The molecule has 1 aliphatic heterocycles. The van der Waals surface area contributed by atoms with Gasteiger partial charge in [-0.3, -0.25) is 0 Å². The van der Waals surface area contributed by atoms with Crippen LogP contribution in [0.4, 0.5) is 5.69 Å². The lowest BCUT2D eigenvalue weighted by Crippen LogP contribution is -2.30. The Morgan fingerprint density at radius 1 is 1.36 bits per heavy atom. The molecule has 0 aliphatic carbocycles. The van der Waals surface area contributed by atoms with Gasteiger partial charge in [-0.15, -0.1) is 0 Å². The fourth-order valence-corrected chi connectivity index (χ4v) is 4.30. The number of phenols is 1. The average molecular weight is 388 g/mol. The predicted octanol–water partition coefficient (Wildman–Crippen LogP) is 1.89. The van der Waals surface area contributed by atoms with Crippen LogP contribution >= 0.6 is 12.2 Å².